The third kappa shape index (κ3) is 5.84. The molecule has 0 aliphatic rings. The molecule has 0 aliphatic carbocycles. The Labute approximate surface area is 372 Å². The van der Waals surface area contributed by atoms with E-state index in [4.69, 9.17) is 19.9 Å². The lowest BCUT2D eigenvalue weighted by Crippen LogP contribution is -2.00. The summed E-state index contributed by atoms with van der Waals surface area (Å²) < 4.78 is 4.81. The van der Waals surface area contributed by atoms with E-state index in [1.165, 1.54) is 52.8 Å². The first-order chi connectivity index (χ1) is 31.7. The molecule has 4 aromatic heterocycles. The molecule has 0 bridgehead atoms. The van der Waals surface area contributed by atoms with Gasteiger partial charge in [0, 0.05) is 59.6 Å². The van der Waals surface area contributed by atoms with Gasteiger partial charge in [-0.05, 0) is 64.4 Å². The summed E-state index contributed by atoms with van der Waals surface area (Å²) >= 11 is 1.82. The fraction of sp³-hybridized carbons (Fsp3) is 0. The first kappa shape index (κ1) is 36.3. The van der Waals surface area contributed by atoms with Crippen molar-refractivity contribution in [3.05, 3.63) is 212 Å². The Morgan fingerprint density at radius 1 is 0.312 bits per heavy atom. The van der Waals surface area contributed by atoms with Gasteiger partial charge in [-0.3, -0.25) is 0 Å². The second kappa shape index (κ2) is 14.7. The number of aromatic nitrogens is 5. The number of pyridine rings is 1. The van der Waals surface area contributed by atoms with Crippen molar-refractivity contribution >= 4 is 75.0 Å². The number of thiophene rings is 1. The maximum Gasteiger partial charge on any atom is 0.164 e. The van der Waals surface area contributed by atoms with Crippen molar-refractivity contribution in [1.29, 1.82) is 0 Å². The van der Waals surface area contributed by atoms with E-state index in [0.717, 1.165) is 55.7 Å². The number of para-hydroxylation sites is 2. The van der Waals surface area contributed by atoms with Crippen LogP contribution in [0.15, 0.2) is 212 Å². The summed E-state index contributed by atoms with van der Waals surface area (Å²) in [7, 11) is 0. The second-order valence-corrected chi connectivity index (χ2v) is 17.2. The summed E-state index contributed by atoms with van der Waals surface area (Å²) in [5.41, 5.74) is 11.7. The molecule has 0 unspecified atom stereocenters. The van der Waals surface area contributed by atoms with Gasteiger partial charge in [0.2, 0.25) is 0 Å². The van der Waals surface area contributed by atoms with Crippen LogP contribution in [0.5, 0.6) is 0 Å². The summed E-state index contributed by atoms with van der Waals surface area (Å²) in [5, 5.41) is 8.41. The van der Waals surface area contributed by atoms with E-state index in [-0.39, 0.29) is 0 Å². The molecular weight excluding hydrogens is 799 g/mol. The molecule has 0 atom stereocenters. The lowest BCUT2D eigenvalue weighted by Gasteiger charge is -2.14. The lowest BCUT2D eigenvalue weighted by atomic mass is 9.92. The quantitative estimate of drug-likeness (QED) is 0.167. The summed E-state index contributed by atoms with van der Waals surface area (Å²) in [6, 6.07) is 74.9. The van der Waals surface area contributed by atoms with Crippen LogP contribution in [0.3, 0.4) is 0 Å². The zero-order valence-electron chi connectivity index (χ0n) is 34.4. The molecule has 0 fully saturated rings. The van der Waals surface area contributed by atoms with Crippen LogP contribution in [0.4, 0.5) is 0 Å². The molecule has 9 aromatic carbocycles. The smallest absolute Gasteiger partial charge is 0.164 e. The van der Waals surface area contributed by atoms with E-state index >= 15 is 0 Å². The van der Waals surface area contributed by atoms with Crippen molar-refractivity contribution < 1.29 is 0 Å². The molecule has 0 amide bonds. The summed E-state index contributed by atoms with van der Waals surface area (Å²) in [4.78, 5) is 20.7. The fourth-order valence-electron chi connectivity index (χ4n) is 9.46. The number of hydrogen-bond acceptors (Lipinski definition) is 5. The minimum Gasteiger partial charge on any atom is -0.309 e. The van der Waals surface area contributed by atoms with Gasteiger partial charge >= 0.3 is 0 Å². The minimum absolute atomic E-state index is 0.622. The van der Waals surface area contributed by atoms with E-state index < -0.39 is 0 Å². The topological polar surface area (TPSA) is 56.5 Å². The monoisotopic (exact) mass is 833 g/mol. The predicted molar refractivity (Wildman–Crippen MR) is 267 cm³/mol. The van der Waals surface area contributed by atoms with Crippen LogP contribution in [-0.2, 0) is 0 Å². The maximum absolute atomic E-state index is 5.45. The van der Waals surface area contributed by atoms with Gasteiger partial charge in [0.05, 0.1) is 26.9 Å². The Kier molecular flexibility index (Phi) is 8.32. The Hall–Kier alpha value is -8.32. The van der Waals surface area contributed by atoms with Crippen LogP contribution < -0.4 is 0 Å². The number of fused-ring (bicyclic) bond motifs is 9. The zero-order chi connectivity index (χ0) is 42.1. The van der Waals surface area contributed by atoms with Crippen LogP contribution in [0.2, 0.25) is 0 Å². The van der Waals surface area contributed by atoms with Gasteiger partial charge in [-0.25, -0.2) is 19.9 Å². The highest BCUT2D eigenvalue weighted by molar-refractivity contribution is 7.26. The number of benzene rings is 9. The van der Waals surface area contributed by atoms with E-state index in [2.05, 4.69) is 187 Å². The molecule has 64 heavy (non-hydrogen) atoms. The lowest BCUT2D eigenvalue weighted by molar-refractivity contribution is 1.07. The van der Waals surface area contributed by atoms with Crippen LogP contribution >= 0.6 is 11.3 Å². The molecule has 0 N–H and O–H groups in total. The average molecular weight is 834 g/mol. The highest BCUT2D eigenvalue weighted by Crippen LogP contribution is 2.43. The fourth-order valence-corrected chi connectivity index (χ4v) is 10.6. The molecule has 0 radical (unpaired) electrons. The van der Waals surface area contributed by atoms with Gasteiger partial charge in [-0.15, -0.1) is 11.3 Å². The molecule has 13 rings (SSSR count). The molecule has 4 heterocycles. The molecular formula is C58H35N5S. The number of rotatable bonds is 6. The van der Waals surface area contributed by atoms with E-state index in [9.17, 15) is 0 Å². The van der Waals surface area contributed by atoms with Crippen molar-refractivity contribution in [1.82, 2.24) is 24.5 Å². The predicted octanol–water partition coefficient (Wildman–Crippen LogP) is 15.4. The molecule has 298 valence electrons. The zero-order valence-corrected chi connectivity index (χ0v) is 35.2. The largest absolute Gasteiger partial charge is 0.309 e. The van der Waals surface area contributed by atoms with Crippen LogP contribution in [0.25, 0.3) is 126 Å². The van der Waals surface area contributed by atoms with E-state index in [1.807, 2.05) is 41.7 Å². The van der Waals surface area contributed by atoms with Crippen molar-refractivity contribution in [2.75, 3.05) is 0 Å². The third-order valence-electron chi connectivity index (χ3n) is 12.5. The van der Waals surface area contributed by atoms with Crippen molar-refractivity contribution in [2.45, 2.75) is 0 Å². The van der Waals surface area contributed by atoms with Crippen molar-refractivity contribution in [2.24, 2.45) is 0 Å². The van der Waals surface area contributed by atoms with Crippen molar-refractivity contribution in [3.63, 3.8) is 0 Å². The average Bonchev–Trinajstić information content (AvgIpc) is 3.92. The molecule has 5 nitrogen and oxygen atoms in total. The highest BCUT2D eigenvalue weighted by Gasteiger charge is 2.19. The number of hydrogen-bond donors (Lipinski definition) is 0. The number of nitrogens with zero attached hydrogens (tertiary/aromatic N) is 5. The van der Waals surface area contributed by atoms with Gasteiger partial charge in [-0.2, -0.15) is 0 Å². The molecule has 0 aliphatic heterocycles. The Morgan fingerprint density at radius 2 is 0.766 bits per heavy atom. The third-order valence-corrected chi connectivity index (χ3v) is 13.7. The molecule has 13 aromatic rings. The van der Waals surface area contributed by atoms with Crippen LogP contribution in [-0.4, -0.2) is 24.5 Å². The SMILES string of the molecule is c1ccc(-c2nc(-c3ccc(-c4ccc(-c5nc6c7ccccc7sc6c6ccccc56)c5ccccc45)cc3)nc(-c3ccc(-n4c5ccccc5c5ccccc54)cc3)n2)cc1. The van der Waals surface area contributed by atoms with Gasteiger partial charge in [-0.1, -0.05) is 170 Å². The normalized spacial score (nSPS) is 11.8. The molecule has 0 saturated heterocycles. The minimum atomic E-state index is 0.622. The summed E-state index contributed by atoms with van der Waals surface area (Å²) in [6.45, 7) is 0. The molecule has 6 heteroatoms. The van der Waals surface area contributed by atoms with Gasteiger partial charge in [0.1, 0.15) is 0 Å². The van der Waals surface area contributed by atoms with E-state index in [0.29, 0.717) is 17.5 Å². The van der Waals surface area contributed by atoms with Gasteiger partial charge in [0.15, 0.2) is 17.5 Å². The summed E-state index contributed by atoms with van der Waals surface area (Å²) in [6.07, 6.45) is 0. The standard InChI is InChI=1S/C58H35N5S/c1-2-14-37(15-3-1)56-60-57(62-58(61-56)39-30-32-40(33-31-39)63-50-23-11-8-18-44(50)45-19-9-12-24-51(45)63)38-28-26-36(27-29-38)41-34-35-47(43-17-5-4-16-42(41)43)53-46-20-6-7-21-48(46)55-54(59-53)49-22-10-13-25-52(49)64-55/h1-35H. The van der Waals surface area contributed by atoms with E-state index in [1.54, 1.807) is 0 Å². The second-order valence-electron chi connectivity index (χ2n) is 16.2. The first-order valence-electron chi connectivity index (χ1n) is 21.5. The van der Waals surface area contributed by atoms with Crippen LogP contribution in [0, 0.1) is 0 Å². The van der Waals surface area contributed by atoms with Gasteiger partial charge < -0.3 is 4.57 Å². The Bertz CT molecular complexity index is 3890. The molecule has 0 spiro atoms. The van der Waals surface area contributed by atoms with Gasteiger partial charge in [0.25, 0.3) is 0 Å². The summed E-state index contributed by atoms with van der Waals surface area (Å²) in [5.74, 6) is 1.88. The maximum atomic E-state index is 5.45. The Balaban J connectivity index is 0.892. The highest BCUT2D eigenvalue weighted by atomic mass is 32.1. The van der Waals surface area contributed by atoms with Crippen LogP contribution in [0.1, 0.15) is 0 Å². The Morgan fingerprint density at radius 3 is 1.41 bits per heavy atom. The first-order valence-corrected chi connectivity index (χ1v) is 22.3. The molecule has 0 saturated carbocycles. The van der Waals surface area contributed by atoms with Crippen molar-refractivity contribution in [3.8, 4) is 62.2 Å².